The fraction of sp³-hybridized carbons (Fsp3) is 0.611. The molecule has 2 aliphatic rings. The summed E-state index contributed by atoms with van der Waals surface area (Å²) in [6.45, 7) is 4.14. The van der Waals surface area contributed by atoms with E-state index in [1.165, 1.54) is 0 Å². The summed E-state index contributed by atoms with van der Waals surface area (Å²) in [7, 11) is 0. The van der Waals surface area contributed by atoms with E-state index < -0.39 is 6.10 Å². The normalized spacial score (nSPS) is 24.6. The van der Waals surface area contributed by atoms with Crippen molar-refractivity contribution >= 4 is 5.97 Å². The number of β-amino-alcohol motifs (C(OH)–C–C–N with tert-alkyl or cyclic N) is 1. The number of nitrogens with zero attached hydrogens (tertiary/aromatic N) is 1. The standard InChI is InChI=1S/C18H26N2O3/c21-17(15-4-2-1-3-5-15)13-20-9-6-14(7-10-20)12-19-16-8-11-23-18(16)22/h1-5,14,16-17,19,21H,6-13H2/t16-,17+/m0/s1. The van der Waals surface area contributed by atoms with Gasteiger partial charge in [-0.2, -0.15) is 0 Å². The summed E-state index contributed by atoms with van der Waals surface area (Å²) in [6, 6.07) is 9.74. The summed E-state index contributed by atoms with van der Waals surface area (Å²) in [5, 5.41) is 13.6. The van der Waals surface area contributed by atoms with Crippen molar-refractivity contribution in [3.05, 3.63) is 35.9 Å². The van der Waals surface area contributed by atoms with Crippen LogP contribution in [-0.2, 0) is 9.53 Å². The van der Waals surface area contributed by atoms with E-state index in [9.17, 15) is 9.90 Å². The van der Waals surface area contributed by atoms with Gasteiger partial charge in [-0.05, 0) is 44.0 Å². The number of benzene rings is 1. The van der Waals surface area contributed by atoms with E-state index in [1.54, 1.807) is 0 Å². The lowest BCUT2D eigenvalue weighted by Crippen LogP contribution is -2.42. The molecule has 2 fully saturated rings. The van der Waals surface area contributed by atoms with Crippen LogP contribution in [0.5, 0.6) is 0 Å². The lowest BCUT2D eigenvalue weighted by molar-refractivity contribution is -0.139. The molecule has 0 aromatic heterocycles. The van der Waals surface area contributed by atoms with Crippen LogP contribution in [0.15, 0.2) is 30.3 Å². The molecule has 2 heterocycles. The zero-order chi connectivity index (χ0) is 16.1. The summed E-state index contributed by atoms with van der Waals surface area (Å²) in [4.78, 5) is 13.8. The Kier molecular flexibility index (Phi) is 5.65. The molecule has 0 radical (unpaired) electrons. The molecule has 1 aromatic rings. The third-order valence-corrected chi connectivity index (χ3v) is 4.91. The minimum atomic E-state index is -0.417. The molecule has 2 saturated heterocycles. The first-order valence-electron chi connectivity index (χ1n) is 8.58. The van der Waals surface area contributed by atoms with Gasteiger partial charge in [0.15, 0.2) is 0 Å². The molecule has 2 atom stereocenters. The van der Waals surface area contributed by atoms with E-state index in [-0.39, 0.29) is 12.0 Å². The molecule has 0 bridgehead atoms. The number of aliphatic hydroxyl groups is 1. The van der Waals surface area contributed by atoms with Gasteiger partial charge in [-0.15, -0.1) is 0 Å². The number of carbonyl (C=O) groups is 1. The predicted molar refractivity (Wildman–Crippen MR) is 87.9 cm³/mol. The van der Waals surface area contributed by atoms with Crippen molar-refractivity contribution in [1.29, 1.82) is 0 Å². The number of hydrogen-bond donors (Lipinski definition) is 2. The monoisotopic (exact) mass is 318 g/mol. The SMILES string of the molecule is O=C1OCC[C@@H]1NCC1CCN(C[C@@H](O)c2ccccc2)CC1. The van der Waals surface area contributed by atoms with Crippen LogP contribution in [-0.4, -0.2) is 54.8 Å². The topological polar surface area (TPSA) is 61.8 Å². The second kappa shape index (κ2) is 7.90. The molecule has 0 saturated carbocycles. The number of piperidine rings is 1. The van der Waals surface area contributed by atoms with Gasteiger partial charge in [-0.3, -0.25) is 4.79 Å². The maximum atomic E-state index is 11.4. The fourth-order valence-corrected chi connectivity index (χ4v) is 3.39. The largest absolute Gasteiger partial charge is 0.464 e. The highest BCUT2D eigenvalue weighted by atomic mass is 16.5. The summed E-state index contributed by atoms with van der Waals surface area (Å²) in [5.41, 5.74) is 0.982. The average Bonchev–Trinajstić information content (AvgIpc) is 3.00. The third-order valence-electron chi connectivity index (χ3n) is 4.91. The lowest BCUT2D eigenvalue weighted by Gasteiger charge is -2.33. The minimum Gasteiger partial charge on any atom is -0.464 e. The highest BCUT2D eigenvalue weighted by molar-refractivity contribution is 5.77. The molecular formula is C18H26N2O3. The molecule has 3 rings (SSSR count). The highest BCUT2D eigenvalue weighted by Gasteiger charge is 2.28. The molecule has 0 unspecified atom stereocenters. The zero-order valence-electron chi connectivity index (χ0n) is 13.5. The van der Waals surface area contributed by atoms with E-state index >= 15 is 0 Å². The minimum absolute atomic E-state index is 0.103. The number of ether oxygens (including phenoxy) is 1. The van der Waals surface area contributed by atoms with Gasteiger partial charge >= 0.3 is 5.97 Å². The Balaban J connectivity index is 1.37. The van der Waals surface area contributed by atoms with E-state index in [1.807, 2.05) is 30.3 Å². The first-order chi connectivity index (χ1) is 11.2. The number of likely N-dealkylation sites (tertiary alicyclic amines) is 1. The van der Waals surface area contributed by atoms with E-state index in [2.05, 4.69) is 10.2 Å². The van der Waals surface area contributed by atoms with Gasteiger partial charge in [0.05, 0.1) is 12.7 Å². The number of carbonyl (C=O) groups excluding carboxylic acids is 1. The van der Waals surface area contributed by atoms with Gasteiger partial charge in [0.25, 0.3) is 0 Å². The van der Waals surface area contributed by atoms with Crippen LogP contribution in [0.3, 0.4) is 0 Å². The Morgan fingerprint density at radius 2 is 1.96 bits per heavy atom. The number of hydrogen-bond acceptors (Lipinski definition) is 5. The van der Waals surface area contributed by atoms with Crippen LogP contribution in [0.1, 0.15) is 30.9 Å². The molecule has 5 heteroatoms. The van der Waals surface area contributed by atoms with Gasteiger partial charge < -0.3 is 20.1 Å². The lowest BCUT2D eigenvalue weighted by atomic mass is 9.95. The van der Waals surface area contributed by atoms with Gasteiger partial charge in [0.1, 0.15) is 6.04 Å². The summed E-state index contributed by atoms with van der Waals surface area (Å²) in [5.74, 6) is 0.502. The second-order valence-electron chi connectivity index (χ2n) is 6.59. The van der Waals surface area contributed by atoms with Crippen LogP contribution in [0.2, 0.25) is 0 Å². The quantitative estimate of drug-likeness (QED) is 0.775. The third kappa shape index (κ3) is 4.53. The zero-order valence-corrected chi connectivity index (χ0v) is 13.5. The van der Waals surface area contributed by atoms with E-state index in [0.717, 1.165) is 44.5 Å². The van der Waals surface area contributed by atoms with Crippen molar-refractivity contribution in [3.8, 4) is 0 Å². The van der Waals surface area contributed by atoms with Crippen molar-refractivity contribution in [1.82, 2.24) is 10.2 Å². The number of nitrogens with one attached hydrogen (secondary N) is 1. The Labute approximate surface area is 137 Å². The van der Waals surface area contributed by atoms with Gasteiger partial charge in [0.2, 0.25) is 0 Å². The molecule has 0 spiro atoms. The number of esters is 1. The Hall–Kier alpha value is -1.43. The Bertz CT molecular complexity index is 500. The molecule has 2 N–H and O–H groups in total. The van der Waals surface area contributed by atoms with Crippen molar-refractivity contribution in [2.75, 3.05) is 32.8 Å². The Morgan fingerprint density at radius 3 is 2.61 bits per heavy atom. The summed E-state index contributed by atoms with van der Waals surface area (Å²) in [6.07, 6.45) is 2.59. The van der Waals surface area contributed by atoms with Crippen molar-refractivity contribution in [2.45, 2.75) is 31.4 Å². The predicted octanol–water partition coefficient (Wildman–Crippen LogP) is 1.34. The molecule has 5 nitrogen and oxygen atoms in total. The molecule has 0 aliphatic carbocycles. The van der Waals surface area contributed by atoms with Crippen LogP contribution < -0.4 is 5.32 Å². The molecule has 126 valence electrons. The first-order valence-corrected chi connectivity index (χ1v) is 8.58. The van der Waals surface area contributed by atoms with Crippen molar-refractivity contribution in [2.24, 2.45) is 5.92 Å². The number of cyclic esters (lactones) is 1. The van der Waals surface area contributed by atoms with Gasteiger partial charge in [0, 0.05) is 13.0 Å². The maximum absolute atomic E-state index is 11.4. The highest BCUT2D eigenvalue weighted by Crippen LogP contribution is 2.20. The maximum Gasteiger partial charge on any atom is 0.323 e. The average molecular weight is 318 g/mol. The van der Waals surface area contributed by atoms with Gasteiger partial charge in [-0.1, -0.05) is 30.3 Å². The van der Waals surface area contributed by atoms with E-state index in [4.69, 9.17) is 4.74 Å². The number of aliphatic hydroxyl groups excluding tert-OH is 1. The second-order valence-corrected chi connectivity index (χ2v) is 6.59. The Morgan fingerprint density at radius 1 is 1.22 bits per heavy atom. The molecule has 1 aromatic carbocycles. The van der Waals surface area contributed by atoms with Crippen LogP contribution in [0.25, 0.3) is 0 Å². The van der Waals surface area contributed by atoms with Gasteiger partial charge in [-0.25, -0.2) is 0 Å². The van der Waals surface area contributed by atoms with Crippen LogP contribution >= 0.6 is 0 Å². The van der Waals surface area contributed by atoms with Crippen LogP contribution in [0, 0.1) is 5.92 Å². The van der Waals surface area contributed by atoms with Crippen molar-refractivity contribution in [3.63, 3.8) is 0 Å². The smallest absolute Gasteiger partial charge is 0.323 e. The molecule has 0 amide bonds. The molecule has 23 heavy (non-hydrogen) atoms. The number of rotatable bonds is 6. The van der Waals surface area contributed by atoms with Crippen LogP contribution in [0.4, 0.5) is 0 Å². The fourth-order valence-electron chi connectivity index (χ4n) is 3.39. The van der Waals surface area contributed by atoms with Crippen molar-refractivity contribution < 1.29 is 14.6 Å². The van der Waals surface area contributed by atoms with E-state index in [0.29, 0.717) is 19.1 Å². The molecule has 2 aliphatic heterocycles. The summed E-state index contributed by atoms with van der Waals surface area (Å²) < 4.78 is 4.97. The molecular weight excluding hydrogens is 292 g/mol. The summed E-state index contributed by atoms with van der Waals surface area (Å²) >= 11 is 0. The first kappa shape index (κ1) is 16.4.